The van der Waals surface area contributed by atoms with Gasteiger partial charge in [0.15, 0.2) is 6.10 Å². The first-order valence-electron chi connectivity index (χ1n) is 7.63. The first-order valence-corrected chi connectivity index (χ1v) is 9.95. The number of sulfonamides is 1. The number of rotatable bonds is 5. The van der Waals surface area contributed by atoms with Crippen molar-refractivity contribution in [1.29, 1.82) is 0 Å². The van der Waals surface area contributed by atoms with Crippen molar-refractivity contribution < 1.29 is 17.9 Å². The van der Waals surface area contributed by atoms with Gasteiger partial charge < -0.3 is 10.1 Å². The second-order valence-corrected chi connectivity index (χ2v) is 8.37. The molecule has 0 spiro atoms. The van der Waals surface area contributed by atoms with Crippen molar-refractivity contribution >= 4 is 33.0 Å². The van der Waals surface area contributed by atoms with Crippen LogP contribution in [-0.2, 0) is 14.8 Å². The van der Waals surface area contributed by atoms with Crippen molar-refractivity contribution in [3.63, 3.8) is 0 Å². The van der Waals surface area contributed by atoms with Crippen LogP contribution in [0.1, 0.15) is 13.3 Å². The molecule has 24 heavy (non-hydrogen) atoms. The molecule has 3 rings (SSSR count). The molecule has 0 bridgehead atoms. The van der Waals surface area contributed by atoms with Gasteiger partial charge in [0.1, 0.15) is 9.96 Å². The molecule has 8 heteroatoms. The molecule has 0 saturated carbocycles. The molecule has 1 atom stereocenters. The number of hydrogen-bond donors (Lipinski definition) is 1. The van der Waals surface area contributed by atoms with E-state index in [9.17, 15) is 13.2 Å². The van der Waals surface area contributed by atoms with Crippen molar-refractivity contribution in [1.82, 2.24) is 5.32 Å². The minimum Gasteiger partial charge on any atom is -0.476 e. The van der Waals surface area contributed by atoms with Gasteiger partial charge in [-0.2, -0.15) is 0 Å². The lowest BCUT2D eigenvalue weighted by Gasteiger charge is -2.34. The van der Waals surface area contributed by atoms with Crippen molar-refractivity contribution in [2.24, 2.45) is 0 Å². The van der Waals surface area contributed by atoms with Crippen LogP contribution in [0.2, 0.25) is 0 Å². The summed E-state index contributed by atoms with van der Waals surface area (Å²) in [6.07, 6.45) is -0.0760. The lowest BCUT2D eigenvalue weighted by molar-refractivity contribution is -0.127. The molecule has 1 N–H and O–H groups in total. The van der Waals surface area contributed by atoms with Gasteiger partial charge in [0, 0.05) is 6.54 Å². The average molecular weight is 366 g/mol. The molecule has 6 nitrogen and oxygen atoms in total. The quantitative estimate of drug-likeness (QED) is 0.880. The van der Waals surface area contributed by atoms with Gasteiger partial charge in [-0.15, -0.1) is 11.3 Å². The number of nitrogens with one attached hydrogen (secondary N) is 1. The summed E-state index contributed by atoms with van der Waals surface area (Å²) >= 11 is 1.15. The Kier molecular flexibility index (Phi) is 4.77. The second kappa shape index (κ2) is 6.82. The number of nitrogens with zero attached hydrogens (tertiary/aromatic N) is 1. The summed E-state index contributed by atoms with van der Waals surface area (Å²) in [4.78, 5) is 12.3. The fourth-order valence-electron chi connectivity index (χ4n) is 2.45. The van der Waals surface area contributed by atoms with Crippen molar-refractivity contribution in [2.45, 2.75) is 23.7 Å². The van der Waals surface area contributed by atoms with E-state index < -0.39 is 16.1 Å². The predicted molar refractivity (Wildman–Crippen MR) is 93.0 cm³/mol. The van der Waals surface area contributed by atoms with Gasteiger partial charge in [0.25, 0.3) is 15.9 Å². The summed E-state index contributed by atoms with van der Waals surface area (Å²) < 4.78 is 33.1. The Morgan fingerprint density at radius 2 is 2.12 bits per heavy atom. The van der Waals surface area contributed by atoms with E-state index in [4.69, 9.17) is 4.74 Å². The first-order chi connectivity index (χ1) is 11.5. The first kappa shape index (κ1) is 16.8. The SMILES string of the molecule is CCCNC(=O)[C@H]1CN(S(=O)(=O)c2cccs2)c2ccccc2O1. The van der Waals surface area contributed by atoms with Gasteiger partial charge in [-0.25, -0.2) is 8.42 Å². The third-order valence-corrected chi connectivity index (χ3v) is 6.77. The van der Waals surface area contributed by atoms with Gasteiger partial charge in [-0.05, 0) is 30.0 Å². The fraction of sp³-hybridized carbons (Fsp3) is 0.312. The number of benzene rings is 1. The van der Waals surface area contributed by atoms with Crippen molar-refractivity contribution in [3.8, 4) is 5.75 Å². The van der Waals surface area contributed by atoms with E-state index in [-0.39, 0.29) is 16.7 Å². The predicted octanol–water partition coefficient (Wildman–Crippen LogP) is 2.23. The summed E-state index contributed by atoms with van der Waals surface area (Å²) in [5.41, 5.74) is 0.449. The van der Waals surface area contributed by atoms with E-state index in [0.29, 0.717) is 18.0 Å². The second-order valence-electron chi connectivity index (χ2n) is 5.33. The number of para-hydroxylation sites is 2. The van der Waals surface area contributed by atoms with Crippen LogP contribution in [0.3, 0.4) is 0 Å². The van der Waals surface area contributed by atoms with Crippen LogP contribution in [0, 0.1) is 0 Å². The Morgan fingerprint density at radius 1 is 1.33 bits per heavy atom. The zero-order valence-corrected chi connectivity index (χ0v) is 14.8. The number of carbonyl (C=O) groups excluding carboxylic acids is 1. The number of ether oxygens (including phenoxy) is 1. The Balaban J connectivity index is 1.97. The topological polar surface area (TPSA) is 75.7 Å². The molecule has 0 saturated heterocycles. The van der Waals surface area contributed by atoms with E-state index in [1.54, 1.807) is 41.8 Å². The third kappa shape index (κ3) is 3.11. The monoisotopic (exact) mass is 366 g/mol. The van der Waals surface area contributed by atoms with Crippen molar-refractivity contribution in [3.05, 3.63) is 41.8 Å². The molecule has 1 amide bonds. The highest BCUT2D eigenvalue weighted by atomic mass is 32.2. The molecule has 2 aromatic rings. The molecule has 1 aromatic heterocycles. The highest BCUT2D eigenvalue weighted by Gasteiger charge is 2.37. The summed E-state index contributed by atoms with van der Waals surface area (Å²) in [6.45, 7) is 2.43. The maximum atomic E-state index is 12.9. The maximum Gasteiger partial charge on any atom is 0.274 e. The van der Waals surface area contributed by atoms with Crippen LogP contribution in [0.5, 0.6) is 5.75 Å². The molecular formula is C16H18N2O4S2. The average Bonchev–Trinajstić information content (AvgIpc) is 3.14. The van der Waals surface area contributed by atoms with Crippen LogP contribution >= 0.6 is 11.3 Å². The molecule has 2 heterocycles. The molecule has 0 radical (unpaired) electrons. The molecular weight excluding hydrogens is 348 g/mol. The maximum absolute atomic E-state index is 12.9. The van der Waals surface area contributed by atoms with Gasteiger partial charge in [-0.3, -0.25) is 9.10 Å². The molecule has 1 aliphatic heterocycles. The third-order valence-electron chi connectivity index (χ3n) is 3.62. The van der Waals surface area contributed by atoms with E-state index in [0.717, 1.165) is 17.8 Å². The molecule has 0 fully saturated rings. The molecule has 0 aliphatic carbocycles. The summed E-state index contributed by atoms with van der Waals surface area (Å²) in [7, 11) is -3.73. The summed E-state index contributed by atoms with van der Waals surface area (Å²) in [6, 6.07) is 10.1. The Morgan fingerprint density at radius 3 is 2.83 bits per heavy atom. The van der Waals surface area contributed by atoms with E-state index >= 15 is 0 Å². The fourth-order valence-corrected chi connectivity index (χ4v) is 5.03. The normalized spacial score (nSPS) is 17.0. The van der Waals surface area contributed by atoms with Crippen molar-refractivity contribution in [2.75, 3.05) is 17.4 Å². The lowest BCUT2D eigenvalue weighted by atomic mass is 10.2. The number of thiophene rings is 1. The molecule has 128 valence electrons. The van der Waals surface area contributed by atoms with Crippen LogP contribution in [0.25, 0.3) is 0 Å². The number of anilines is 1. The highest BCUT2D eigenvalue weighted by Crippen LogP contribution is 2.37. The Hall–Kier alpha value is -2.06. The van der Waals surface area contributed by atoms with E-state index in [1.807, 2.05) is 6.92 Å². The zero-order chi connectivity index (χ0) is 17.2. The van der Waals surface area contributed by atoms with Gasteiger partial charge >= 0.3 is 0 Å². The molecule has 1 aliphatic rings. The van der Waals surface area contributed by atoms with Gasteiger partial charge in [0.2, 0.25) is 0 Å². The Labute approximate surface area is 145 Å². The molecule has 0 unspecified atom stereocenters. The van der Waals surface area contributed by atoms with Crippen LogP contribution < -0.4 is 14.4 Å². The minimum absolute atomic E-state index is 0.0488. The lowest BCUT2D eigenvalue weighted by Crippen LogP contribution is -2.50. The van der Waals surface area contributed by atoms with E-state index in [2.05, 4.69) is 5.32 Å². The van der Waals surface area contributed by atoms with Gasteiger partial charge in [0.05, 0.1) is 12.2 Å². The molecule has 1 aromatic carbocycles. The van der Waals surface area contributed by atoms with Crippen LogP contribution in [-0.4, -0.2) is 33.5 Å². The number of carbonyl (C=O) groups is 1. The smallest absolute Gasteiger partial charge is 0.274 e. The largest absolute Gasteiger partial charge is 0.476 e. The summed E-state index contributed by atoms with van der Waals surface area (Å²) in [5.74, 6) is 0.0817. The number of amides is 1. The standard InChI is InChI=1S/C16H18N2O4S2/c1-2-9-17-16(19)14-11-18(12-6-3-4-7-13(12)22-14)24(20,21)15-8-5-10-23-15/h3-8,10,14H,2,9,11H2,1H3,(H,17,19)/t14-/m1/s1. The zero-order valence-electron chi connectivity index (χ0n) is 13.1. The number of hydrogen-bond acceptors (Lipinski definition) is 5. The minimum atomic E-state index is -3.73. The van der Waals surface area contributed by atoms with Crippen LogP contribution in [0.15, 0.2) is 46.0 Å². The highest BCUT2D eigenvalue weighted by molar-refractivity contribution is 7.94. The van der Waals surface area contributed by atoms with Crippen LogP contribution in [0.4, 0.5) is 5.69 Å². The Bertz CT molecular complexity index is 818. The number of fused-ring (bicyclic) bond motifs is 1. The summed E-state index contributed by atoms with van der Waals surface area (Å²) in [5, 5.41) is 4.47. The van der Waals surface area contributed by atoms with E-state index in [1.165, 1.54) is 4.31 Å². The van der Waals surface area contributed by atoms with Gasteiger partial charge in [-0.1, -0.05) is 25.1 Å².